The number of nitrogens with zero attached hydrogens (tertiary/aromatic N) is 2. The van der Waals surface area contributed by atoms with Crippen molar-refractivity contribution >= 4 is 22.6 Å². The highest BCUT2D eigenvalue weighted by Gasteiger charge is 2.11. The van der Waals surface area contributed by atoms with Crippen molar-refractivity contribution in [1.29, 1.82) is 0 Å². The van der Waals surface area contributed by atoms with Crippen molar-refractivity contribution in [1.82, 2.24) is 4.98 Å². The zero-order valence-electron chi connectivity index (χ0n) is 20.6. The Morgan fingerprint density at radius 3 is 2.11 bits per heavy atom. The van der Waals surface area contributed by atoms with Crippen molar-refractivity contribution in [2.24, 2.45) is 5.73 Å². The normalized spacial score (nSPS) is 11.9. The van der Waals surface area contributed by atoms with Crippen LogP contribution >= 0.6 is 0 Å². The predicted octanol–water partition coefficient (Wildman–Crippen LogP) is 7.56. The molecule has 35 heavy (non-hydrogen) atoms. The minimum atomic E-state index is 0.762. The summed E-state index contributed by atoms with van der Waals surface area (Å²) in [5, 5.41) is 0. The Kier molecular flexibility index (Phi) is 8.13. The third-order valence-electron chi connectivity index (χ3n) is 6.05. The van der Waals surface area contributed by atoms with E-state index >= 15 is 0 Å². The number of rotatable bonds is 9. The Morgan fingerprint density at radius 2 is 1.49 bits per heavy atom. The van der Waals surface area contributed by atoms with Gasteiger partial charge in [-0.05, 0) is 72.4 Å². The molecule has 1 heterocycles. The number of aryl methyl sites for hydroxylation is 1. The molecule has 3 heteroatoms. The molecule has 0 bridgehead atoms. The highest BCUT2D eigenvalue weighted by Crippen LogP contribution is 2.28. The second-order valence-corrected chi connectivity index (χ2v) is 8.62. The molecule has 0 amide bonds. The van der Waals surface area contributed by atoms with E-state index < -0.39 is 0 Å². The zero-order chi connectivity index (χ0) is 24.5. The van der Waals surface area contributed by atoms with Crippen LogP contribution in [0.1, 0.15) is 35.7 Å². The lowest BCUT2D eigenvalue weighted by atomic mass is 10.00. The zero-order valence-corrected chi connectivity index (χ0v) is 20.6. The van der Waals surface area contributed by atoms with Crippen LogP contribution in [0.25, 0.3) is 11.3 Å². The lowest BCUT2D eigenvalue weighted by molar-refractivity contribution is 0.877. The summed E-state index contributed by atoms with van der Waals surface area (Å²) in [7, 11) is 0. The second kappa shape index (κ2) is 11.8. The van der Waals surface area contributed by atoms with E-state index in [-0.39, 0.29) is 0 Å². The van der Waals surface area contributed by atoms with Crippen LogP contribution in [0.2, 0.25) is 0 Å². The number of aromatic nitrogens is 1. The van der Waals surface area contributed by atoms with Gasteiger partial charge in [0.2, 0.25) is 0 Å². The van der Waals surface area contributed by atoms with E-state index in [2.05, 4.69) is 90.5 Å². The SMILES string of the molecule is CCCN(c1ccc(C/C=C(\C=C(/N)c2ccccc2)c2ccccc2)cc1)c1cccnc1C. The van der Waals surface area contributed by atoms with Gasteiger partial charge in [0.25, 0.3) is 0 Å². The molecule has 4 rings (SSSR count). The molecule has 0 aliphatic heterocycles. The summed E-state index contributed by atoms with van der Waals surface area (Å²) in [5.41, 5.74) is 15.2. The van der Waals surface area contributed by atoms with Gasteiger partial charge < -0.3 is 10.6 Å². The predicted molar refractivity (Wildman–Crippen MR) is 149 cm³/mol. The maximum Gasteiger partial charge on any atom is 0.0627 e. The highest BCUT2D eigenvalue weighted by atomic mass is 15.1. The summed E-state index contributed by atoms with van der Waals surface area (Å²) in [6.07, 6.45) is 8.07. The van der Waals surface area contributed by atoms with Crippen LogP contribution in [-0.4, -0.2) is 11.5 Å². The summed E-state index contributed by atoms with van der Waals surface area (Å²) in [6, 6.07) is 33.5. The summed E-state index contributed by atoms with van der Waals surface area (Å²) in [6.45, 7) is 5.22. The van der Waals surface area contributed by atoms with Crippen molar-refractivity contribution in [2.75, 3.05) is 11.4 Å². The third kappa shape index (κ3) is 6.27. The van der Waals surface area contributed by atoms with E-state index in [0.717, 1.165) is 53.2 Å². The van der Waals surface area contributed by atoms with E-state index in [0.29, 0.717) is 0 Å². The maximum absolute atomic E-state index is 6.46. The first-order valence-electron chi connectivity index (χ1n) is 12.2. The van der Waals surface area contributed by atoms with Crippen LogP contribution in [0.15, 0.2) is 115 Å². The first-order valence-corrected chi connectivity index (χ1v) is 12.2. The topological polar surface area (TPSA) is 42.1 Å². The Bertz CT molecular complexity index is 1270. The fourth-order valence-corrected chi connectivity index (χ4v) is 4.19. The van der Waals surface area contributed by atoms with Crippen LogP contribution in [0.4, 0.5) is 11.4 Å². The van der Waals surface area contributed by atoms with E-state index in [9.17, 15) is 0 Å². The van der Waals surface area contributed by atoms with E-state index in [1.54, 1.807) is 0 Å². The van der Waals surface area contributed by atoms with Crippen molar-refractivity contribution in [2.45, 2.75) is 26.7 Å². The van der Waals surface area contributed by atoms with Crippen molar-refractivity contribution < 1.29 is 0 Å². The van der Waals surface area contributed by atoms with Gasteiger partial charge in [0.15, 0.2) is 0 Å². The van der Waals surface area contributed by atoms with Gasteiger partial charge in [0.1, 0.15) is 0 Å². The molecule has 4 aromatic rings. The van der Waals surface area contributed by atoms with Crippen LogP contribution < -0.4 is 10.6 Å². The minimum absolute atomic E-state index is 0.762. The number of pyridine rings is 1. The molecule has 0 saturated carbocycles. The Labute approximate surface area is 209 Å². The van der Waals surface area contributed by atoms with Crippen LogP contribution in [0.5, 0.6) is 0 Å². The molecule has 0 radical (unpaired) electrons. The van der Waals surface area contributed by atoms with Gasteiger partial charge in [-0.1, -0.05) is 85.8 Å². The number of allylic oxidation sites excluding steroid dienone is 3. The third-order valence-corrected chi connectivity index (χ3v) is 6.05. The fourth-order valence-electron chi connectivity index (χ4n) is 4.19. The molecule has 0 saturated heterocycles. The van der Waals surface area contributed by atoms with Crippen molar-refractivity contribution in [3.63, 3.8) is 0 Å². The molecule has 3 aromatic carbocycles. The van der Waals surface area contributed by atoms with Gasteiger partial charge in [-0.3, -0.25) is 4.98 Å². The van der Waals surface area contributed by atoms with Crippen LogP contribution in [0, 0.1) is 6.92 Å². The van der Waals surface area contributed by atoms with E-state index in [4.69, 9.17) is 5.73 Å². The number of benzene rings is 3. The van der Waals surface area contributed by atoms with Gasteiger partial charge in [0.05, 0.1) is 11.4 Å². The largest absolute Gasteiger partial charge is 0.398 e. The average molecular weight is 460 g/mol. The summed E-state index contributed by atoms with van der Waals surface area (Å²) >= 11 is 0. The quantitative estimate of drug-likeness (QED) is 0.263. The number of nitrogens with two attached hydrogens (primary N) is 1. The molecule has 2 N–H and O–H groups in total. The lowest BCUT2D eigenvalue weighted by Gasteiger charge is -2.25. The minimum Gasteiger partial charge on any atom is -0.398 e. The Morgan fingerprint density at radius 1 is 0.829 bits per heavy atom. The van der Waals surface area contributed by atoms with Gasteiger partial charge in [-0.25, -0.2) is 0 Å². The van der Waals surface area contributed by atoms with E-state index in [1.165, 1.54) is 11.3 Å². The standard InChI is InChI=1S/C32H33N3/c1-3-23-35(32-15-10-22-34-25(32)2)30-20-17-26(18-21-30)16-19-29(27-11-6-4-7-12-27)24-31(33)28-13-8-5-9-14-28/h4-15,17-22,24H,3,16,23,33H2,1-2H3/b29-19+,31-24-. The second-order valence-electron chi connectivity index (χ2n) is 8.62. The first-order chi connectivity index (χ1) is 17.2. The lowest BCUT2D eigenvalue weighted by Crippen LogP contribution is -2.19. The molecule has 0 fully saturated rings. The molecule has 0 aliphatic rings. The first kappa shape index (κ1) is 24.0. The van der Waals surface area contributed by atoms with Crippen molar-refractivity contribution in [3.8, 4) is 0 Å². The molecule has 1 aromatic heterocycles. The summed E-state index contributed by atoms with van der Waals surface area (Å²) in [5.74, 6) is 0. The molecular formula is C32H33N3. The van der Waals surface area contributed by atoms with E-state index in [1.807, 2.05) is 48.7 Å². The molecule has 0 aliphatic carbocycles. The maximum atomic E-state index is 6.46. The number of anilines is 2. The highest BCUT2D eigenvalue weighted by molar-refractivity contribution is 5.83. The molecule has 0 atom stereocenters. The Balaban J connectivity index is 1.59. The fraction of sp³-hybridized carbons (Fsp3) is 0.156. The van der Waals surface area contributed by atoms with Gasteiger partial charge in [-0.2, -0.15) is 0 Å². The molecule has 3 nitrogen and oxygen atoms in total. The van der Waals surface area contributed by atoms with Crippen molar-refractivity contribution in [3.05, 3.63) is 138 Å². The van der Waals surface area contributed by atoms with Gasteiger partial charge >= 0.3 is 0 Å². The molecule has 176 valence electrons. The average Bonchev–Trinajstić information content (AvgIpc) is 2.91. The molecule has 0 unspecified atom stereocenters. The summed E-state index contributed by atoms with van der Waals surface area (Å²) in [4.78, 5) is 6.83. The smallest absolute Gasteiger partial charge is 0.0627 e. The summed E-state index contributed by atoms with van der Waals surface area (Å²) < 4.78 is 0. The number of hydrogen-bond donors (Lipinski definition) is 1. The monoisotopic (exact) mass is 459 g/mol. The number of hydrogen-bond acceptors (Lipinski definition) is 3. The van der Waals surface area contributed by atoms with Gasteiger partial charge in [-0.15, -0.1) is 0 Å². The van der Waals surface area contributed by atoms with Crippen LogP contribution in [0.3, 0.4) is 0 Å². The molecular weight excluding hydrogens is 426 g/mol. The van der Waals surface area contributed by atoms with Crippen LogP contribution in [-0.2, 0) is 6.42 Å². The Hall–Kier alpha value is -4.11. The van der Waals surface area contributed by atoms with Gasteiger partial charge in [0, 0.05) is 24.1 Å². The molecule has 0 spiro atoms.